The Kier molecular flexibility index (Phi) is 9.33. The van der Waals surface area contributed by atoms with Gasteiger partial charge in [0.25, 0.3) is 0 Å². The molecule has 1 atom stereocenters. The van der Waals surface area contributed by atoms with Crippen molar-refractivity contribution in [1.82, 2.24) is 5.32 Å². The third kappa shape index (κ3) is 9.02. The van der Waals surface area contributed by atoms with Gasteiger partial charge in [0.15, 0.2) is 0 Å². The summed E-state index contributed by atoms with van der Waals surface area (Å²) in [4.78, 5) is 22.6. The number of amides is 1. The third-order valence-corrected chi connectivity index (χ3v) is 2.85. The molecule has 0 spiro atoms. The largest absolute Gasteiger partial charge is 0.480 e. The molecule has 0 saturated carbocycles. The van der Waals surface area contributed by atoms with Crippen LogP contribution in [0.3, 0.4) is 0 Å². The van der Waals surface area contributed by atoms with Gasteiger partial charge in [0.05, 0.1) is 0 Å². The molecule has 0 aromatic heterocycles. The van der Waals surface area contributed by atoms with E-state index in [0.29, 0.717) is 12.8 Å². The molecule has 0 bridgehead atoms. The summed E-state index contributed by atoms with van der Waals surface area (Å²) in [6.07, 6.45) is 6.35. The first kappa shape index (κ1) is 16.9. The second-order valence-corrected chi connectivity index (χ2v) is 5.25. The Morgan fingerprint density at radius 1 is 1.11 bits per heavy atom. The van der Waals surface area contributed by atoms with Crippen molar-refractivity contribution in [2.24, 2.45) is 5.92 Å². The number of hydrogen-bond acceptors (Lipinski definition) is 2. The third-order valence-electron chi connectivity index (χ3n) is 2.85. The minimum Gasteiger partial charge on any atom is -0.480 e. The summed E-state index contributed by atoms with van der Waals surface area (Å²) in [6.45, 7) is 6.05. The van der Waals surface area contributed by atoms with E-state index < -0.39 is 12.0 Å². The summed E-state index contributed by atoms with van der Waals surface area (Å²) < 4.78 is 0. The molecule has 0 fully saturated rings. The van der Waals surface area contributed by atoms with Crippen LogP contribution in [0.5, 0.6) is 0 Å². The molecule has 4 nitrogen and oxygen atoms in total. The average Bonchev–Trinajstić information content (AvgIpc) is 2.27. The van der Waals surface area contributed by atoms with Crippen LogP contribution in [0.15, 0.2) is 0 Å². The van der Waals surface area contributed by atoms with Gasteiger partial charge in [-0.1, -0.05) is 46.5 Å². The molecule has 2 N–H and O–H groups in total. The zero-order valence-electron chi connectivity index (χ0n) is 11.9. The second kappa shape index (κ2) is 9.92. The Bertz CT molecular complexity index is 251. The van der Waals surface area contributed by atoms with E-state index in [9.17, 15) is 9.59 Å². The minimum absolute atomic E-state index is 0.139. The van der Waals surface area contributed by atoms with Crippen LogP contribution in [0.4, 0.5) is 0 Å². The van der Waals surface area contributed by atoms with Gasteiger partial charge in [0.2, 0.25) is 5.91 Å². The van der Waals surface area contributed by atoms with E-state index in [1.807, 2.05) is 13.8 Å². The summed E-state index contributed by atoms with van der Waals surface area (Å²) in [7, 11) is 0. The number of carboxylic acids is 1. The fraction of sp³-hybridized carbons (Fsp3) is 0.857. The minimum atomic E-state index is -0.942. The Morgan fingerprint density at radius 3 is 2.22 bits per heavy atom. The number of hydrogen-bond donors (Lipinski definition) is 2. The number of aliphatic carboxylic acids is 1. The summed E-state index contributed by atoms with van der Waals surface area (Å²) in [5.41, 5.74) is 0. The summed E-state index contributed by atoms with van der Waals surface area (Å²) in [5.74, 6) is -0.821. The topological polar surface area (TPSA) is 66.4 Å². The summed E-state index contributed by atoms with van der Waals surface area (Å²) in [5, 5.41) is 11.6. The summed E-state index contributed by atoms with van der Waals surface area (Å²) >= 11 is 0. The van der Waals surface area contributed by atoms with E-state index in [-0.39, 0.29) is 11.8 Å². The van der Waals surface area contributed by atoms with E-state index in [1.54, 1.807) is 0 Å². The molecule has 0 aliphatic carbocycles. The van der Waals surface area contributed by atoms with Crippen LogP contribution < -0.4 is 5.32 Å². The Morgan fingerprint density at radius 2 is 1.72 bits per heavy atom. The van der Waals surface area contributed by atoms with E-state index in [2.05, 4.69) is 12.2 Å². The van der Waals surface area contributed by atoms with Gasteiger partial charge in [0, 0.05) is 6.42 Å². The lowest BCUT2D eigenvalue weighted by atomic mass is 10.0. The molecular formula is C14H27NO3. The monoisotopic (exact) mass is 257 g/mol. The maximum atomic E-state index is 11.6. The van der Waals surface area contributed by atoms with Crippen LogP contribution in [-0.4, -0.2) is 23.0 Å². The smallest absolute Gasteiger partial charge is 0.326 e. The predicted octanol–water partition coefficient (Wildman–Crippen LogP) is 2.96. The van der Waals surface area contributed by atoms with Crippen molar-refractivity contribution in [3.8, 4) is 0 Å². The molecule has 0 heterocycles. The lowest BCUT2D eigenvalue weighted by Gasteiger charge is -2.16. The van der Waals surface area contributed by atoms with Gasteiger partial charge < -0.3 is 10.4 Å². The number of unbranched alkanes of at least 4 members (excludes halogenated alkanes) is 4. The molecule has 0 aliphatic rings. The average molecular weight is 257 g/mol. The number of rotatable bonds is 10. The molecule has 0 unspecified atom stereocenters. The zero-order chi connectivity index (χ0) is 14.0. The van der Waals surface area contributed by atoms with Crippen molar-refractivity contribution < 1.29 is 14.7 Å². The van der Waals surface area contributed by atoms with Gasteiger partial charge in [-0.15, -0.1) is 0 Å². The van der Waals surface area contributed by atoms with Gasteiger partial charge in [-0.25, -0.2) is 4.79 Å². The van der Waals surface area contributed by atoms with Crippen molar-refractivity contribution in [3.05, 3.63) is 0 Å². The number of carboxylic acid groups (broad SMARTS) is 1. The van der Waals surface area contributed by atoms with Crippen LogP contribution in [0.2, 0.25) is 0 Å². The summed E-state index contributed by atoms with van der Waals surface area (Å²) in [6, 6.07) is -0.742. The zero-order valence-corrected chi connectivity index (χ0v) is 11.9. The van der Waals surface area contributed by atoms with E-state index in [0.717, 1.165) is 19.3 Å². The van der Waals surface area contributed by atoms with Crippen LogP contribution in [-0.2, 0) is 9.59 Å². The first-order valence-corrected chi connectivity index (χ1v) is 6.99. The van der Waals surface area contributed by atoms with Crippen molar-refractivity contribution in [2.45, 2.75) is 71.8 Å². The standard InChI is InChI=1S/C14H27NO3/c1-4-5-6-7-8-9-13(16)15-12(14(17)18)10-11(2)3/h11-12H,4-10H2,1-3H3,(H,15,16)(H,17,18)/t12-/m1/s1. The van der Waals surface area contributed by atoms with E-state index in [1.165, 1.54) is 12.8 Å². The van der Waals surface area contributed by atoms with Crippen molar-refractivity contribution in [2.75, 3.05) is 0 Å². The fourth-order valence-corrected chi connectivity index (χ4v) is 1.85. The quantitative estimate of drug-likeness (QED) is 0.591. The lowest BCUT2D eigenvalue weighted by molar-refractivity contribution is -0.142. The molecule has 18 heavy (non-hydrogen) atoms. The highest BCUT2D eigenvalue weighted by atomic mass is 16.4. The molecule has 0 rings (SSSR count). The Labute approximate surface area is 110 Å². The Hall–Kier alpha value is -1.06. The highest BCUT2D eigenvalue weighted by Gasteiger charge is 2.20. The van der Waals surface area contributed by atoms with E-state index in [4.69, 9.17) is 5.11 Å². The van der Waals surface area contributed by atoms with Crippen molar-refractivity contribution >= 4 is 11.9 Å². The molecule has 0 radical (unpaired) electrons. The molecular weight excluding hydrogens is 230 g/mol. The molecule has 106 valence electrons. The van der Waals surface area contributed by atoms with Crippen LogP contribution in [0.1, 0.15) is 65.7 Å². The van der Waals surface area contributed by atoms with Crippen LogP contribution in [0, 0.1) is 5.92 Å². The molecule has 0 aliphatic heterocycles. The van der Waals surface area contributed by atoms with Gasteiger partial charge in [0.1, 0.15) is 6.04 Å². The maximum absolute atomic E-state index is 11.6. The first-order chi connectivity index (χ1) is 8.47. The molecule has 1 amide bonds. The highest BCUT2D eigenvalue weighted by Crippen LogP contribution is 2.07. The van der Waals surface area contributed by atoms with E-state index >= 15 is 0 Å². The predicted molar refractivity (Wildman–Crippen MR) is 72.4 cm³/mol. The van der Waals surface area contributed by atoms with Crippen LogP contribution in [0.25, 0.3) is 0 Å². The second-order valence-electron chi connectivity index (χ2n) is 5.25. The van der Waals surface area contributed by atoms with Crippen LogP contribution >= 0.6 is 0 Å². The SMILES string of the molecule is CCCCCCCC(=O)N[C@H](CC(C)C)C(=O)O. The van der Waals surface area contributed by atoms with Gasteiger partial charge in [-0.2, -0.15) is 0 Å². The normalized spacial score (nSPS) is 12.4. The van der Waals surface area contributed by atoms with Crippen molar-refractivity contribution in [1.29, 1.82) is 0 Å². The molecule has 0 aromatic rings. The number of carbonyl (C=O) groups excluding carboxylic acids is 1. The van der Waals surface area contributed by atoms with Crippen molar-refractivity contribution in [3.63, 3.8) is 0 Å². The van der Waals surface area contributed by atoms with Gasteiger partial charge in [-0.05, 0) is 18.8 Å². The number of carbonyl (C=O) groups is 2. The van der Waals surface area contributed by atoms with Gasteiger partial charge >= 0.3 is 5.97 Å². The highest BCUT2D eigenvalue weighted by molar-refractivity contribution is 5.83. The van der Waals surface area contributed by atoms with Gasteiger partial charge in [-0.3, -0.25) is 4.79 Å². The molecule has 0 aromatic carbocycles. The molecule has 4 heteroatoms. The lowest BCUT2D eigenvalue weighted by Crippen LogP contribution is -2.41. The Balaban J connectivity index is 3.85. The fourth-order valence-electron chi connectivity index (χ4n) is 1.85. The maximum Gasteiger partial charge on any atom is 0.326 e. The number of nitrogens with one attached hydrogen (secondary N) is 1. The molecule has 0 saturated heterocycles. The first-order valence-electron chi connectivity index (χ1n) is 6.99.